The third-order valence-corrected chi connectivity index (χ3v) is 8.69. The summed E-state index contributed by atoms with van der Waals surface area (Å²) in [6, 6.07) is 10.1. The van der Waals surface area contributed by atoms with Crippen molar-refractivity contribution in [2.75, 3.05) is 11.1 Å². The fourth-order valence-corrected chi connectivity index (χ4v) is 6.58. The SMILES string of the molecule is Cn1c(CSCc2ccc(Cl)cc2)nnc1SCC(=O)Nc1sc2c(c1C#N)CCCC2. The molecule has 0 atom stereocenters. The highest BCUT2D eigenvalue weighted by Gasteiger charge is 2.22. The number of thioether (sulfide) groups is 2. The molecule has 2 aromatic heterocycles. The van der Waals surface area contributed by atoms with E-state index in [-0.39, 0.29) is 11.7 Å². The van der Waals surface area contributed by atoms with Crippen molar-refractivity contribution in [1.82, 2.24) is 14.8 Å². The number of carbonyl (C=O) groups is 1. The van der Waals surface area contributed by atoms with E-state index in [9.17, 15) is 10.1 Å². The Morgan fingerprint density at radius 3 is 2.81 bits per heavy atom. The second-order valence-electron chi connectivity index (χ2n) is 7.44. The van der Waals surface area contributed by atoms with Crippen molar-refractivity contribution in [2.24, 2.45) is 7.05 Å². The van der Waals surface area contributed by atoms with Crippen molar-refractivity contribution in [3.8, 4) is 6.07 Å². The number of nitrogens with zero attached hydrogens (tertiary/aromatic N) is 4. The zero-order chi connectivity index (χ0) is 22.5. The number of aromatic nitrogens is 3. The second kappa shape index (κ2) is 10.8. The summed E-state index contributed by atoms with van der Waals surface area (Å²) in [4.78, 5) is 13.8. The number of fused-ring (bicyclic) bond motifs is 1. The summed E-state index contributed by atoms with van der Waals surface area (Å²) in [6.07, 6.45) is 4.18. The van der Waals surface area contributed by atoms with E-state index in [1.807, 2.05) is 35.9 Å². The molecule has 1 amide bonds. The molecule has 166 valence electrons. The molecule has 0 saturated carbocycles. The van der Waals surface area contributed by atoms with Gasteiger partial charge in [0, 0.05) is 22.7 Å². The molecule has 1 aliphatic rings. The van der Waals surface area contributed by atoms with Gasteiger partial charge < -0.3 is 9.88 Å². The molecule has 0 radical (unpaired) electrons. The highest BCUT2D eigenvalue weighted by atomic mass is 35.5. The molecule has 0 bridgehead atoms. The quantitative estimate of drug-likeness (QED) is 0.412. The Kier molecular flexibility index (Phi) is 7.79. The van der Waals surface area contributed by atoms with Crippen molar-refractivity contribution in [2.45, 2.75) is 42.3 Å². The van der Waals surface area contributed by atoms with Crippen LogP contribution < -0.4 is 5.32 Å². The Balaban J connectivity index is 1.29. The van der Waals surface area contributed by atoms with Gasteiger partial charge in [-0.15, -0.1) is 33.3 Å². The third kappa shape index (κ3) is 5.49. The van der Waals surface area contributed by atoms with Gasteiger partial charge in [0.15, 0.2) is 5.16 Å². The van der Waals surface area contributed by atoms with Gasteiger partial charge in [-0.3, -0.25) is 4.79 Å². The van der Waals surface area contributed by atoms with Crippen molar-refractivity contribution >= 4 is 57.4 Å². The topological polar surface area (TPSA) is 83.6 Å². The molecule has 6 nitrogen and oxygen atoms in total. The van der Waals surface area contributed by atoms with Gasteiger partial charge in [-0.25, -0.2) is 0 Å². The van der Waals surface area contributed by atoms with Crippen LogP contribution in [0.25, 0.3) is 0 Å². The summed E-state index contributed by atoms with van der Waals surface area (Å²) in [6.45, 7) is 0. The van der Waals surface area contributed by atoms with Crippen LogP contribution >= 0.6 is 46.5 Å². The number of hydrogen-bond donors (Lipinski definition) is 1. The molecule has 1 aliphatic carbocycles. The number of thiophene rings is 1. The normalized spacial score (nSPS) is 12.9. The minimum atomic E-state index is -0.133. The predicted octanol–water partition coefficient (Wildman–Crippen LogP) is 5.44. The zero-order valence-electron chi connectivity index (χ0n) is 17.6. The molecular formula is C22H22ClN5OS3. The first kappa shape index (κ1) is 23.2. The average Bonchev–Trinajstić information content (AvgIpc) is 3.33. The number of anilines is 1. The minimum Gasteiger partial charge on any atom is -0.316 e. The van der Waals surface area contributed by atoms with Gasteiger partial charge in [0.2, 0.25) is 5.91 Å². The fraction of sp³-hybridized carbons (Fsp3) is 0.364. The van der Waals surface area contributed by atoms with Gasteiger partial charge in [0.25, 0.3) is 0 Å². The van der Waals surface area contributed by atoms with E-state index in [0.29, 0.717) is 15.7 Å². The van der Waals surface area contributed by atoms with Crippen LogP contribution in [0.2, 0.25) is 5.02 Å². The molecule has 10 heteroatoms. The maximum atomic E-state index is 12.5. The van der Waals surface area contributed by atoms with Gasteiger partial charge in [-0.1, -0.05) is 35.5 Å². The van der Waals surface area contributed by atoms with Crippen molar-refractivity contribution in [3.05, 3.63) is 56.7 Å². The van der Waals surface area contributed by atoms with Gasteiger partial charge in [-0.05, 0) is 48.9 Å². The largest absolute Gasteiger partial charge is 0.316 e. The Hall–Kier alpha value is -1.99. The third-order valence-electron chi connectivity index (χ3n) is 5.21. The van der Waals surface area contributed by atoms with E-state index in [2.05, 4.69) is 21.6 Å². The van der Waals surface area contributed by atoms with Gasteiger partial charge in [0.1, 0.15) is 16.9 Å². The number of aryl methyl sites for hydroxylation is 1. The van der Waals surface area contributed by atoms with Gasteiger partial charge in [0.05, 0.1) is 17.1 Å². The first-order valence-corrected chi connectivity index (χ1v) is 13.6. The standard InChI is InChI=1S/C22H22ClN5OS3/c1-28-19(12-30-11-14-6-8-15(23)9-7-14)26-27-22(28)31-13-20(29)25-21-17(10-24)16-4-2-3-5-18(16)32-21/h6-9H,2-5,11-13H2,1H3,(H,25,29). The lowest BCUT2D eigenvalue weighted by atomic mass is 9.96. The molecule has 0 aliphatic heterocycles. The summed E-state index contributed by atoms with van der Waals surface area (Å²) in [5.41, 5.74) is 2.97. The summed E-state index contributed by atoms with van der Waals surface area (Å²) < 4.78 is 1.93. The van der Waals surface area contributed by atoms with E-state index in [4.69, 9.17) is 11.6 Å². The summed E-state index contributed by atoms with van der Waals surface area (Å²) >= 11 is 10.6. The summed E-state index contributed by atoms with van der Waals surface area (Å²) in [5, 5.41) is 23.1. The number of hydrogen-bond acceptors (Lipinski definition) is 7. The Morgan fingerprint density at radius 1 is 1.25 bits per heavy atom. The van der Waals surface area contributed by atoms with Crippen LogP contribution in [0.4, 0.5) is 5.00 Å². The average molecular weight is 504 g/mol. The Labute approximate surface area is 204 Å². The van der Waals surface area contributed by atoms with Crippen LogP contribution in [0.3, 0.4) is 0 Å². The van der Waals surface area contributed by atoms with E-state index < -0.39 is 0 Å². The Bertz CT molecular complexity index is 1150. The molecule has 32 heavy (non-hydrogen) atoms. The van der Waals surface area contributed by atoms with E-state index in [1.165, 1.54) is 22.2 Å². The maximum absolute atomic E-state index is 12.5. The van der Waals surface area contributed by atoms with Crippen molar-refractivity contribution in [1.29, 1.82) is 5.26 Å². The highest BCUT2D eigenvalue weighted by molar-refractivity contribution is 7.99. The number of nitrogens with one attached hydrogen (secondary N) is 1. The number of benzene rings is 1. The molecule has 0 fully saturated rings. The molecule has 1 aromatic carbocycles. The van der Waals surface area contributed by atoms with Gasteiger partial charge in [-0.2, -0.15) is 5.26 Å². The number of rotatable bonds is 8. The molecule has 0 spiro atoms. The van der Waals surface area contributed by atoms with Gasteiger partial charge >= 0.3 is 0 Å². The van der Waals surface area contributed by atoms with Crippen LogP contribution in [0.15, 0.2) is 29.4 Å². The number of carbonyl (C=O) groups excluding carboxylic acids is 1. The summed E-state index contributed by atoms with van der Waals surface area (Å²) in [5.74, 6) is 2.54. The number of halogens is 1. The predicted molar refractivity (Wildman–Crippen MR) is 132 cm³/mol. The molecule has 0 unspecified atom stereocenters. The fourth-order valence-electron chi connectivity index (χ4n) is 3.50. The van der Waals surface area contributed by atoms with Crippen LogP contribution in [-0.2, 0) is 36.2 Å². The highest BCUT2D eigenvalue weighted by Crippen LogP contribution is 2.37. The van der Waals surface area contributed by atoms with Crippen LogP contribution in [0.5, 0.6) is 0 Å². The Morgan fingerprint density at radius 2 is 2.03 bits per heavy atom. The van der Waals surface area contributed by atoms with Crippen molar-refractivity contribution < 1.29 is 4.79 Å². The molecule has 2 heterocycles. The van der Waals surface area contributed by atoms with Crippen LogP contribution in [-0.4, -0.2) is 26.4 Å². The number of amides is 1. The first-order chi connectivity index (χ1) is 15.5. The molecular weight excluding hydrogens is 482 g/mol. The van der Waals surface area contributed by atoms with E-state index in [1.54, 1.807) is 23.1 Å². The monoisotopic (exact) mass is 503 g/mol. The maximum Gasteiger partial charge on any atom is 0.235 e. The van der Waals surface area contributed by atoms with Crippen LogP contribution in [0, 0.1) is 11.3 Å². The lowest BCUT2D eigenvalue weighted by Gasteiger charge is -2.09. The van der Waals surface area contributed by atoms with E-state index >= 15 is 0 Å². The molecule has 4 rings (SSSR count). The molecule has 0 saturated heterocycles. The molecule has 1 N–H and O–H groups in total. The zero-order valence-corrected chi connectivity index (χ0v) is 20.8. The lowest BCUT2D eigenvalue weighted by Crippen LogP contribution is -2.14. The van der Waals surface area contributed by atoms with E-state index in [0.717, 1.165) is 53.6 Å². The minimum absolute atomic E-state index is 0.133. The second-order valence-corrected chi connectivity index (χ2v) is 10.9. The van der Waals surface area contributed by atoms with Crippen LogP contribution in [0.1, 0.15) is 40.2 Å². The smallest absolute Gasteiger partial charge is 0.235 e. The number of nitriles is 1. The summed E-state index contributed by atoms with van der Waals surface area (Å²) in [7, 11) is 1.92. The molecule has 3 aromatic rings. The van der Waals surface area contributed by atoms with Crippen molar-refractivity contribution in [3.63, 3.8) is 0 Å². The first-order valence-electron chi connectivity index (χ1n) is 10.2. The lowest BCUT2D eigenvalue weighted by molar-refractivity contribution is -0.113.